The Morgan fingerprint density at radius 3 is 2.92 bits per heavy atom. The van der Waals surface area contributed by atoms with E-state index in [0.29, 0.717) is 13.7 Å². The normalized spacial score (nSPS) is 19.8. The van der Waals surface area contributed by atoms with Crippen molar-refractivity contribution in [2.75, 3.05) is 0 Å². The molecule has 2 rings (SSSR count). The van der Waals surface area contributed by atoms with Gasteiger partial charge in [0.25, 0.3) is 5.97 Å². The molecule has 0 bridgehead atoms. The summed E-state index contributed by atoms with van der Waals surface area (Å²) >= 11 is 0. The first-order chi connectivity index (χ1) is 5.77. The van der Waals surface area contributed by atoms with Crippen LogP contribution >= 0.6 is 0 Å². The molecule has 1 aliphatic heterocycles. The molecule has 0 aromatic heterocycles. The standard InChI is InChI=1S/C9H9BO2/c11-9(12)8-5-6-3-1-2-4-7(6)10-8/h1-4,8,10H,5H2,(H,11,12)/t8-/m0/s1. The van der Waals surface area contributed by atoms with Crippen LogP contribution in [0.2, 0.25) is 5.82 Å². The summed E-state index contributed by atoms with van der Waals surface area (Å²) in [5, 5.41) is 8.79. The van der Waals surface area contributed by atoms with Gasteiger partial charge < -0.3 is 5.11 Å². The molecule has 0 aliphatic carbocycles. The number of hydrogen-bond donors (Lipinski definition) is 1. The molecule has 0 saturated heterocycles. The van der Waals surface area contributed by atoms with Crippen molar-refractivity contribution in [3.05, 3.63) is 29.8 Å². The van der Waals surface area contributed by atoms with Crippen molar-refractivity contribution in [3.8, 4) is 0 Å². The molecule has 1 atom stereocenters. The maximum absolute atomic E-state index is 10.7. The van der Waals surface area contributed by atoms with Gasteiger partial charge in [-0.3, -0.25) is 4.79 Å². The molecule has 60 valence electrons. The fourth-order valence-electron chi connectivity index (χ4n) is 1.73. The van der Waals surface area contributed by atoms with Crippen LogP contribution in [0.4, 0.5) is 0 Å². The minimum Gasteiger partial charge on any atom is -0.482 e. The SMILES string of the molecule is O=C(O)[C@H]1Bc2ccccc2C1. The summed E-state index contributed by atoms with van der Waals surface area (Å²) in [4.78, 5) is 10.7. The second-order valence-electron chi connectivity index (χ2n) is 3.21. The summed E-state index contributed by atoms with van der Waals surface area (Å²) in [6, 6.07) is 7.95. The lowest BCUT2D eigenvalue weighted by Gasteiger charge is -1.97. The van der Waals surface area contributed by atoms with Crippen LogP contribution in [-0.4, -0.2) is 18.4 Å². The zero-order chi connectivity index (χ0) is 8.55. The predicted octanol–water partition coefficient (Wildman–Crippen LogP) is 0.178. The smallest absolute Gasteiger partial charge is 0.299 e. The summed E-state index contributed by atoms with van der Waals surface area (Å²) in [7, 11) is 0.700. The molecule has 3 heteroatoms. The molecule has 0 fully saturated rings. The highest BCUT2D eigenvalue weighted by Crippen LogP contribution is 2.18. The van der Waals surface area contributed by atoms with Crippen LogP contribution < -0.4 is 5.46 Å². The zero-order valence-electron chi connectivity index (χ0n) is 6.66. The van der Waals surface area contributed by atoms with Gasteiger partial charge in [-0.15, -0.1) is 0 Å². The Bertz CT molecular complexity index is 297. The topological polar surface area (TPSA) is 37.3 Å². The number of aliphatic carboxylic acids is 1. The van der Waals surface area contributed by atoms with Gasteiger partial charge in [-0.1, -0.05) is 35.3 Å². The number of fused-ring (bicyclic) bond motifs is 1. The highest BCUT2D eigenvalue weighted by atomic mass is 16.4. The van der Waals surface area contributed by atoms with Crippen LogP contribution in [-0.2, 0) is 11.2 Å². The van der Waals surface area contributed by atoms with E-state index in [0.717, 1.165) is 0 Å². The van der Waals surface area contributed by atoms with Gasteiger partial charge in [-0.25, -0.2) is 0 Å². The molecule has 1 heterocycles. The first-order valence-electron chi connectivity index (χ1n) is 4.07. The molecular weight excluding hydrogens is 151 g/mol. The molecule has 0 unspecified atom stereocenters. The highest BCUT2D eigenvalue weighted by molar-refractivity contribution is 6.61. The Morgan fingerprint density at radius 2 is 2.25 bits per heavy atom. The lowest BCUT2D eigenvalue weighted by Crippen LogP contribution is -2.17. The minimum absolute atomic E-state index is 0.192. The molecule has 1 N–H and O–H groups in total. The molecule has 1 aromatic carbocycles. The van der Waals surface area contributed by atoms with E-state index in [1.165, 1.54) is 11.0 Å². The number of carbonyl (C=O) groups is 1. The average Bonchev–Trinajstić information content (AvgIpc) is 2.46. The molecule has 0 radical (unpaired) electrons. The van der Waals surface area contributed by atoms with Crippen LogP contribution in [0.3, 0.4) is 0 Å². The summed E-state index contributed by atoms with van der Waals surface area (Å²) in [5.74, 6) is -0.867. The van der Waals surface area contributed by atoms with Crippen molar-refractivity contribution in [1.29, 1.82) is 0 Å². The van der Waals surface area contributed by atoms with Gasteiger partial charge in [0.2, 0.25) is 0 Å². The number of carboxylic acids is 1. The second-order valence-corrected chi connectivity index (χ2v) is 3.21. The van der Waals surface area contributed by atoms with Gasteiger partial charge in [0.15, 0.2) is 7.28 Å². The first kappa shape index (κ1) is 7.41. The Morgan fingerprint density at radius 1 is 1.50 bits per heavy atom. The molecule has 0 spiro atoms. The fourth-order valence-corrected chi connectivity index (χ4v) is 1.73. The number of hydrogen-bond acceptors (Lipinski definition) is 1. The van der Waals surface area contributed by atoms with E-state index in [2.05, 4.69) is 0 Å². The zero-order valence-corrected chi connectivity index (χ0v) is 6.66. The monoisotopic (exact) mass is 160 g/mol. The van der Waals surface area contributed by atoms with Crippen molar-refractivity contribution in [2.24, 2.45) is 0 Å². The quantitative estimate of drug-likeness (QED) is 0.595. The van der Waals surface area contributed by atoms with Gasteiger partial charge in [0, 0.05) is 5.82 Å². The highest BCUT2D eigenvalue weighted by Gasteiger charge is 2.27. The van der Waals surface area contributed by atoms with Crippen molar-refractivity contribution in [1.82, 2.24) is 0 Å². The van der Waals surface area contributed by atoms with E-state index in [9.17, 15) is 4.79 Å². The van der Waals surface area contributed by atoms with Gasteiger partial charge >= 0.3 is 0 Å². The van der Waals surface area contributed by atoms with Crippen LogP contribution in [0, 0.1) is 0 Å². The third-order valence-electron chi connectivity index (χ3n) is 2.40. The maximum Gasteiger partial charge on any atom is 0.299 e. The Kier molecular flexibility index (Phi) is 1.64. The van der Waals surface area contributed by atoms with Gasteiger partial charge in [-0.2, -0.15) is 0 Å². The molecule has 1 aliphatic rings. The molecular formula is C9H9BO2. The predicted molar refractivity (Wildman–Crippen MR) is 48.3 cm³/mol. The largest absolute Gasteiger partial charge is 0.482 e. The van der Waals surface area contributed by atoms with Crippen LogP contribution in [0.5, 0.6) is 0 Å². The van der Waals surface area contributed by atoms with Gasteiger partial charge in [0.1, 0.15) is 0 Å². The van der Waals surface area contributed by atoms with Crippen LogP contribution in [0.1, 0.15) is 5.56 Å². The fraction of sp³-hybridized carbons (Fsp3) is 0.222. The Labute approximate surface area is 71.5 Å². The summed E-state index contributed by atoms with van der Waals surface area (Å²) in [5.41, 5.74) is 2.40. The molecule has 1 aromatic rings. The Hall–Kier alpha value is -1.25. The van der Waals surface area contributed by atoms with E-state index in [-0.39, 0.29) is 5.82 Å². The molecule has 12 heavy (non-hydrogen) atoms. The van der Waals surface area contributed by atoms with Crippen molar-refractivity contribution in [2.45, 2.75) is 12.2 Å². The molecule has 0 amide bonds. The van der Waals surface area contributed by atoms with Crippen LogP contribution in [0.15, 0.2) is 24.3 Å². The van der Waals surface area contributed by atoms with Crippen molar-refractivity contribution in [3.63, 3.8) is 0 Å². The van der Waals surface area contributed by atoms with E-state index in [1.54, 1.807) is 0 Å². The summed E-state index contributed by atoms with van der Waals surface area (Å²) in [6.45, 7) is 0. The van der Waals surface area contributed by atoms with Crippen molar-refractivity contribution < 1.29 is 9.90 Å². The third kappa shape index (κ3) is 1.11. The molecule has 0 saturated carbocycles. The lowest BCUT2D eigenvalue weighted by molar-refractivity contribution is -0.136. The lowest BCUT2D eigenvalue weighted by atomic mass is 9.64. The van der Waals surface area contributed by atoms with E-state index in [4.69, 9.17) is 5.11 Å². The first-order valence-corrected chi connectivity index (χ1v) is 4.07. The van der Waals surface area contributed by atoms with Crippen LogP contribution in [0.25, 0.3) is 0 Å². The average molecular weight is 160 g/mol. The summed E-state index contributed by atoms with van der Waals surface area (Å²) < 4.78 is 0. The maximum atomic E-state index is 10.7. The van der Waals surface area contributed by atoms with Gasteiger partial charge in [-0.05, 0) is 6.42 Å². The van der Waals surface area contributed by atoms with Gasteiger partial charge in [0.05, 0.1) is 0 Å². The van der Waals surface area contributed by atoms with E-state index < -0.39 is 5.97 Å². The third-order valence-corrected chi connectivity index (χ3v) is 2.40. The molecule has 2 nitrogen and oxygen atoms in total. The van der Waals surface area contributed by atoms with E-state index in [1.807, 2.05) is 24.3 Å². The number of rotatable bonds is 1. The van der Waals surface area contributed by atoms with Crippen molar-refractivity contribution >= 4 is 18.7 Å². The summed E-state index contributed by atoms with van der Waals surface area (Å²) in [6.07, 6.45) is 0.700. The van der Waals surface area contributed by atoms with E-state index >= 15 is 0 Å². The Balaban J connectivity index is 2.27. The minimum atomic E-state index is -0.675. The number of benzene rings is 1. The second kappa shape index (κ2) is 2.66. The number of carboxylic acid groups (broad SMARTS) is 1.